The maximum Gasteiger partial charge on any atom is 0.0453 e. The number of fused-ring (bicyclic) bond motifs is 1. The van der Waals surface area contributed by atoms with E-state index in [4.69, 9.17) is 11.6 Å². The van der Waals surface area contributed by atoms with Crippen LogP contribution in [0.4, 0.5) is 0 Å². The number of nitrogens with one attached hydrogen (secondary N) is 1. The molecule has 2 aliphatic rings. The molecule has 0 aliphatic carbocycles. The predicted octanol–water partition coefficient (Wildman–Crippen LogP) is 3.33. The van der Waals surface area contributed by atoms with E-state index in [2.05, 4.69) is 43.1 Å². The Morgan fingerprint density at radius 2 is 2.05 bits per heavy atom. The van der Waals surface area contributed by atoms with Gasteiger partial charge in [-0.2, -0.15) is 0 Å². The van der Waals surface area contributed by atoms with Gasteiger partial charge in [-0.05, 0) is 50.8 Å². The van der Waals surface area contributed by atoms with Gasteiger partial charge in [0.2, 0.25) is 0 Å². The molecule has 0 bridgehead atoms. The Morgan fingerprint density at radius 1 is 1.32 bits per heavy atom. The van der Waals surface area contributed by atoms with E-state index in [1.54, 1.807) is 0 Å². The molecule has 0 radical (unpaired) electrons. The number of benzene rings is 1. The second kappa shape index (κ2) is 4.76. The summed E-state index contributed by atoms with van der Waals surface area (Å²) in [4.78, 5) is 2.64. The lowest BCUT2D eigenvalue weighted by Crippen LogP contribution is -2.45. The molecule has 3 unspecified atom stereocenters. The summed E-state index contributed by atoms with van der Waals surface area (Å²) in [6.45, 7) is 10.6. The predicted molar refractivity (Wildman–Crippen MR) is 80.5 cm³/mol. The van der Waals surface area contributed by atoms with E-state index in [9.17, 15) is 0 Å². The average molecular weight is 279 g/mol. The number of nitrogens with zero attached hydrogens (tertiary/aromatic N) is 1. The van der Waals surface area contributed by atoms with Crippen molar-refractivity contribution in [2.45, 2.75) is 32.4 Å². The van der Waals surface area contributed by atoms with Gasteiger partial charge in [-0.15, -0.1) is 0 Å². The van der Waals surface area contributed by atoms with E-state index in [-0.39, 0.29) is 5.54 Å². The fourth-order valence-electron chi connectivity index (χ4n) is 4.09. The molecule has 3 rings (SSSR count). The lowest BCUT2D eigenvalue weighted by atomic mass is 9.84. The van der Waals surface area contributed by atoms with Gasteiger partial charge in [-0.25, -0.2) is 0 Å². The van der Waals surface area contributed by atoms with Gasteiger partial charge in [-0.1, -0.05) is 29.8 Å². The van der Waals surface area contributed by atoms with Crippen LogP contribution in [0.25, 0.3) is 0 Å². The first kappa shape index (κ1) is 13.4. The second-order valence-corrected chi connectivity index (χ2v) is 6.94. The lowest BCUT2D eigenvalue weighted by molar-refractivity contribution is 0.0971. The van der Waals surface area contributed by atoms with Crippen LogP contribution in [0.3, 0.4) is 0 Å². The number of halogens is 1. The van der Waals surface area contributed by atoms with Gasteiger partial charge in [0.05, 0.1) is 0 Å². The third kappa shape index (κ3) is 2.10. The SMILES string of the molecule is CC(c1ccccc1Cl)N1CC2CNCC2C1(C)C. The summed E-state index contributed by atoms with van der Waals surface area (Å²) in [7, 11) is 0. The average Bonchev–Trinajstić information content (AvgIpc) is 2.92. The van der Waals surface area contributed by atoms with Gasteiger partial charge >= 0.3 is 0 Å². The largest absolute Gasteiger partial charge is 0.316 e. The summed E-state index contributed by atoms with van der Waals surface area (Å²) in [5.41, 5.74) is 1.50. The Hall–Kier alpha value is -0.570. The van der Waals surface area contributed by atoms with E-state index in [1.165, 1.54) is 18.7 Å². The molecule has 2 nitrogen and oxygen atoms in total. The highest BCUT2D eigenvalue weighted by molar-refractivity contribution is 6.31. The van der Waals surface area contributed by atoms with Crippen LogP contribution < -0.4 is 5.32 Å². The van der Waals surface area contributed by atoms with Crippen LogP contribution >= 0.6 is 11.6 Å². The summed E-state index contributed by atoms with van der Waals surface area (Å²) < 4.78 is 0. The van der Waals surface area contributed by atoms with E-state index in [1.807, 2.05) is 12.1 Å². The van der Waals surface area contributed by atoms with E-state index >= 15 is 0 Å². The van der Waals surface area contributed by atoms with Crippen LogP contribution in [0.15, 0.2) is 24.3 Å². The van der Waals surface area contributed by atoms with Gasteiger partial charge < -0.3 is 5.32 Å². The number of hydrogen-bond acceptors (Lipinski definition) is 2. The Morgan fingerprint density at radius 3 is 2.74 bits per heavy atom. The van der Waals surface area contributed by atoms with Crippen LogP contribution in [0.2, 0.25) is 5.02 Å². The summed E-state index contributed by atoms with van der Waals surface area (Å²) in [5, 5.41) is 4.43. The maximum atomic E-state index is 6.37. The van der Waals surface area contributed by atoms with Crippen molar-refractivity contribution < 1.29 is 0 Å². The van der Waals surface area contributed by atoms with Crippen LogP contribution in [-0.2, 0) is 0 Å². The molecule has 1 N–H and O–H groups in total. The zero-order valence-corrected chi connectivity index (χ0v) is 12.7. The molecule has 0 spiro atoms. The molecule has 19 heavy (non-hydrogen) atoms. The highest BCUT2D eigenvalue weighted by atomic mass is 35.5. The van der Waals surface area contributed by atoms with Crippen molar-refractivity contribution >= 4 is 11.6 Å². The lowest BCUT2D eigenvalue weighted by Gasteiger charge is -2.40. The van der Waals surface area contributed by atoms with Crippen molar-refractivity contribution in [3.63, 3.8) is 0 Å². The van der Waals surface area contributed by atoms with Crippen molar-refractivity contribution in [3.05, 3.63) is 34.9 Å². The van der Waals surface area contributed by atoms with Gasteiger partial charge in [0, 0.05) is 29.7 Å². The molecule has 104 valence electrons. The van der Waals surface area contributed by atoms with Crippen LogP contribution in [0.5, 0.6) is 0 Å². The van der Waals surface area contributed by atoms with Crippen molar-refractivity contribution in [2.75, 3.05) is 19.6 Å². The fourth-order valence-corrected chi connectivity index (χ4v) is 4.39. The van der Waals surface area contributed by atoms with Crippen LogP contribution in [-0.4, -0.2) is 30.1 Å². The van der Waals surface area contributed by atoms with Gasteiger partial charge in [-0.3, -0.25) is 4.90 Å². The summed E-state index contributed by atoms with van der Waals surface area (Å²) in [6.07, 6.45) is 0. The molecule has 2 aliphatic heterocycles. The zero-order valence-electron chi connectivity index (χ0n) is 12.0. The van der Waals surface area contributed by atoms with Crippen molar-refractivity contribution in [3.8, 4) is 0 Å². The molecular formula is C16H23ClN2. The highest BCUT2D eigenvalue weighted by Crippen LogP contribution is 2.45. The highest BCUT2D eigenvalue weighted by Gasteiger charge is 2.50. The third-order valence-electron chi connectivity index (χ3n) is 5.24. The molecule has 3 heteroatoms. The summed E-state index contributed by atoms with van der Waals surface area (Å²) in [6, 6.07) is 8.64. The minimum Gasteiger partial charge on any atom is -0.316 e. The summed E-state index contributed by atoms with van der Waals surface area (Å²) >= 11 is 6.37. The minimum absolute atomic E-state index is 0.243. The Balaban J connectivity index is 1.89. The molecule has 3 atom stereocenters. The topological polar surface area (TPSA) is 15.3 Å². The first-order valence-corrected chi connectivity index (χ1v) is 7.61. The quantitative estimate of drug-likeness (QED) is 0.893. The minimum atomic E-state index is 0.243. The molecule has 2 fully saturated rings. The Bertz CT molecular complexity index is 472. The number of likely N-dealkylation sites (tertiary alicyclic amines) is 1. The van der Waals surface area contributed by atoms with Crippen LogP contribution in [0.1, 0.15) is 32.4 Å². The number of rotatable bonds is 2. The molecule has 2 saturated heterocycles. The molecule has 2 heterocycles. The molecule has 0 aromatic heterocycles. The maximum absolute atomic E-state index is 6.37. The molecule has 0 amide bonds. The number of hydrogen-bond donors (Lipinski definition) is 1. The Labute approximate surface area is 121 Å². The van der Waals surface area contributed by atoms with E-state index < -0.39 is 0 Å². The van der Waals surface area contributed by atoms with Gasteiger partial charge in [0.1, 0.15) is 0 Å². The monoisotopic (exact) mass is 278 g/mol. The van der Waals surface area contributed by atoms with E-state index in [0.29, 0.717) is 6.04 Å². The van der Waals surface area contributed by atoms with Crippen molar-refractivity contribution in [1.82, 2.24) is 10.2 Å². The first-order valence-electron chi connectivity index (χ1n) is 7.23. The van der Waals surface area contributed by atoms with Crippen LogP contribution in [0, 0.1) is 11.8 Å². The third-order valence-corrected chi connectivity index (χ3v) is 5.59. The van der Waals surface area contributed by atoms with Crippen molar-refractivity contribution in [2.24, 2.45) is 11.8 Å². The Kier molecular flexibility index (Phi) is 3.36. The standard InChI is InChI=1S/C16H23ClN2/c1-11(13-6-4-5-7-15(13)17)19-10-12-8-18-9-14(12)16(19,2)3/h4-7,11-12,14,18H,8-10H2,1-3H3. The van der Waals surface area contributed by atoms with Gasteiger partial charge in [0.25, 0.3) is 0 Å². The molecule has 1 aromatic carbocycles. The van der Waals surface area contributed by atoms with Gasteiger partial charge in [0.15, 0.2) is 0 Å². The smallest absolute Gasteiger partial charge is 0.0453 e. The first-order chi connectivity index (χ1) is 9.01. The second-order valence-electron chi connectivity index (χ2n) is 6.53. The fraction of sp³-hybridized carbons (Fsp3) is 0.625. The molecular weight excluding hydrogens is 256 g/mol. The molecule has 0 saturated carbocycles. The van der Waals surface area contributed by atoms with E-state index in [0.717, 1.165) is 23.4 Å². The van der Waals surface area contributed by atoms with Crippen molar-refractivity contribution in [1.29, 1.82) is 0 Å². The zero-order chi connectivity index (χ0) is 13.6. The summed E-state index contributed by atoms with van der Waals surface area (Å²) in [5.74, 6) is 1.55. The normalized spacial score (nSPS) is 31.4. The molecule has 1 aromatic rings.